The number of fused-ring (bicyclic) bond motifs is 2. The Morgan fingerprint density at radius 1 is 1.35 bits per heavy atom. The Morgan fingerprint density at radius 2 is 2.08 bits per heavy atom. The molecule has 0 saturated carbocycles. The average molecular weight is 586 g/mol. The number of nitrogens with two attached hydrogens (primary N) is 1. The molecular weight excluding hydrogens is 558 g/mol. The molecule has 2 aliphatic heterocycles. The Balaban J connectivity index is 1.57. The van der Waals surface area contributed by atoms with Gasteiger partial charge >= 0.3 is 5.97 Å². The second-order valence-electron chi connectivity index (χ2n) is 9.87. The van der Waals surface area contributed by atoms with Crippen LogP contribution < -0.4 is 15.4 Å². The number of pyridine rings is 1. The Kier molecular flexibility index (Phi) is 7.29. The van der Waals surface area contributed by atoms with E-state index < -0.39 is 47.6 Å². The number of aliphatic hydroxyl groups excluding tert-OH is 1. The number of aliphatic hydroxyl groups is 1. The van der Waals surface area contributed by atoms with Crippen molar-refractivity contribution in [3.05, 3.63) is 52.3 Å². The highest BCUT2D eigenvalue weighted by Gasteiger charge is 2.59. The number of carbonyl (C=O) groups excluding carboxylic acids is 3. The van der Waals surface area contributed by atoms with Crippen LogP contribution in [0.1, 0.15) is 40.5 Å². The SMILES string of the molecule is Cc1c(C(=O)c2ncn3cc(C4=C(C(=O)[O-])N5C(=O)[C@H]([C@@H](C)O)[C@H]5[C@H]4C)sc23)cc(SCCN)c[n+]1CC(=O)O. The molecule has 0 radical (unpaired) electrons. The number of hydrogen-bond acceptors (Lipinski definition) is 10. The van der Waals surface area contributed by atoms with Crippen LogP contribution >= 0.6 is 23.1 Å². The van der Waals surface area contributed by atoms with Gasteiger partial charge in [0.15, 0.2) is 11.9 Å². The van der Waals surface area contributed by atoms with Crippen LogP contribution in [0.15, 0.2) is 35.4 Å². The predicted molar refractivity (Wildman–Crippen MR) is 142 cm³/mol. The predicted octanol–water partition coefficient (Wildman–Crippen LogP) is -0.323. The fourth-order valence-corrected chi connectivity index (χ4v) is 7.55. The molecule has 5 heterocycles. The van der Waals surface area contributed by atoms with E-state index in [9.17, 15) is 34.5 Å². The van der Waals surface area contributed by atoms with Crippen molar-refractivity contribution in [2.75, 3.05) is 12.3 Å². The van der Waals surface area contributed by atoms with Crippen molar-refractivity contribution in [2.24, 2.45) is 17.6 Å². The lowest BCUT2D eigenvalue weighted by molar-refractivity contribution is -0.693. The molecule has 40 heavy (non-hydrogen) atoms. The number of aliphatic carboxylic acids is 2. The second kappa shape index (κ2) is 10.4. The minimum atomic E-state index is -1.49. The van der Waals surface area contributed by atoms with Gasteiger partial charge in [0.05, 0.1) is 45.1 Å². The number of aromatic nitrogens is 3. The van der Waals surface area contributed by atoms with E-state index in [1.807, 2.05) is 0 Å². The van der Waals surface area contributed by atoms with E-state index in [1.54, 1.807) is 36.7 Å². The largest absolute Gasteiger partial charge is 0.543 e. The van der Waals surface area contributed by atoms with Crippen molar-refractivity contribution in [3.8, 4) is 0 Å². The van der Waals surface area contributed by atoms with Crippen LogP contribution in [0.5, 0.6) is 0 Å². The number of rotatable bonds is 10. The molecule has 1 amide bonds. The molecule has 3 aromatic rings. The number of amides is 1. The van der Waals surface area contributed by atoms with Crippen molar-refractivity contribution in [1.82, 2.24) is 14.3 Å². The Morgan fingerprint density at radius 3 is 2.70 bits per heavy atom. The lowest BCUT2D eigenvalue weighted by atomic mass is 9.77. The highest BCUT2D eigenvalue weighted by molar-refractivity contribution is 7.99. The molecule has 3 aromatic heterocycles. The summed E-state index contributed by atoms with van der Waals surface area (Å²) in [7, 11) is 0. The van der Waals surface area contributed by atoms with Gasteiger partial charge in [-0.25, -0.2) is 9.78 Å². The molecular formula is C26H27N5O7S2. The minimum Gasteiger partial charge on any atom is -0.543 e. The van der Waals surface area contributed by atoms with Crippen LogP contribution in [0, 0.1) is 18.8 Å². The van der Waals surface area contributed by atoms with Gasteiger partial charge in [0.25, 0.3) is 0 Å². The van der Waals surface area contributed by atoms with Crippen LogP contribution in [-0.2, 0) is 20.9 Å². The summed E-state index contributed by atoms with van der Waals surface area (Å²) in [4.78, 5) is 57.3. The third kappa shape index (κ3) is 4.40. The van der Waals surface area contributed by atoms with Gasteiger partial charge in [-0.2, -0.15) is 4.57 Å². The fraction of sp³-hybridized carbons (Fsp3) is 0.385. The third-order valence-electron chi connectivity index (χ3n) is 7.38. The molecule has 0 unspecified atom stereocenters. The fourth-order valence-electron chi connectivity index (χ4n) is 5.58. The van der Waals surface area contributed by atoms with E-state index >= 15 is 0 Å². The number of thioether (sulfide) groups is 1. The molecule has 4 N–H and O–H groups in total. The van der Waals surface area contributed by atoms with E-state index in [1.165, 1.54) is 34.5 Å². The number of nitrogens with zero attached hydrogens (tertiary/aromatic N) is 4. The van der Waals surface area contributed by atoms with Gasteiger partial charge in [-0.1, -0.05) is 6.92 Å². The summed E-state index contributed by atoms with van der Waals surface area (Å²) in [6.07, 6.45) is 3.86. The highest BCUT2D eigenvalue weighted by Crippen LogP contribution is 2.51. The van der Waals surface area contributed by atoms with Gasteiger partial charge in [0.2, 0.25) is 18.2 Å². The summed E-state index contributed by atoms with van der Waals surface area (Å²) >= 11 is 2.57. The van der Waals surface area contributed by atoms with Gasteiger partial charge in [0.1, 0.15) is 16.9 Å². The first-order chi connectivity index (χ1) is 19.0. The lowest BCUT2D eigenvalue weighted by Gasteiger charge is -2.47. The smallest absolute Gasteiger partial charge is 0.370 e. The molecule has 210 valence electrons. The monoisotopic (exact) mass is 585 g/mol. The van der Waals surface area contributed by atoms with E-state index in [4.69, 9.17) is 5.73 Å². The van der Waals surface area contributed by atoms with Crippen molar-refractivity contribution < 1.29 is 39.1 Å². The zero-order valence-corrected chi connectivity index (χ0v) is 23.5. The zero-order valence-electron chi connectivity index (χ0n) is 21.9. The summed E-state index contributed by atoms with van der Waals surface area (Å²) < 4.78 is 3.12. The summed E-state index contributed by atoms with van der Waals surface area (Å²) in [6.45, 7) is 5.06. The van der Waals surface area contributed by atoms with Gasteiger partial charge in [-0.05, 0) is 13.0 Å². The van der Waals surface area contributed by atoms with Crippen molar-refractivity contribution in [1.29, 1.82) is 0 Å². The Labute approximate surface area is 236 Å². The van der Waals surface area contributed by atoms with Crippen LogP contribution in [0.2, 0.25) is 0 Å². The van der Waals surface area contributed by atoms with Crippen LogP contribution in [0.4, 0.5) is 0 Å². The zero-order chi connectivity index (χ0) is 29.0. The number of carbonyl (C=O) groups is 4. The van der Waals surface area contributed by atoms with Crippen molar-refractivity contribution in [3.63, 3.8) is 0 Å². The summed E-state index contributed by atoms with van der Waals surface area (Å²) in [6, 6.07) is 1.19. The number of thiazole rings is 1. The van der Waals surface area contributed by atoms with Gasteiger partial charge in [-0.3, -0.25) is 14.0 Å². The van der Waals surface area contributed by atoms with E-state index in [-0.39, 0.29) is 23.5 Å². The van der Waals surface area contributed by atoms with Crippen molar-refractivity contribution in [2.45, 2.75) is 44.4 Å². The van der Waals surface area contributed by atoms with E-state index in [2.05, 4.69) is 4.98 Å². The molecule has 5 rings (SSSR count). The number of carboxylic acids is 2. The van der Waals surface area contributed by atoms with E-state index in [0.717, 1.165) is 11.3 Å². The number of hydrogen-bond donors (Lipinski definition) is 3. The molecule has 14 heteroatoms. The van der Waals surface area contributed by atoms with Gasteiger partial charge in [-0.15, -0.1) is 23.1 Å². The van der Waals surface area contributed by atoms with Crippen LogP contribution in [0.25, 0.3) is 10.4 Å². The van der Waals surface area contributed by atoms with E-state index in [0.29, 0.717) is 38.2 Å². The van der Waals surface area contributed by atoms with Crippen LogP contribution in [0.3, 0.4) is 0 Å². The normalized spacial score (nSPS) is 21.1. The number of imidazole rings is 1. The Bertz CT molecular complexity index is 1610. The molecule has 12 nitrogen and oxygen atoms in total. The average Bonchev–Trinajstić information content (AvgIpc) is 3.53. The number of β-lactam (4-membered cyclic amide) rings is 1. The maximum Gasteiger partial charge on any atom is 0.370 e. The standard InChI is InChI=1S/C26H27N5O7S2/c1-11-18(22(26(37)38)31-21(11)19(13(3)32)24(31)36)16-8-30-10-28-20(25(30)40-16)23(35)15-6-14(39-5-4-27)7-29(12(15)2)9-17(33)34/h6-8,10-11,13,19,21,32H,4-5,9,27H2,1-3H3,(H-,33,34,37,38)/t11-,13+,19+,21+/m0/s1. The topological polar surface area (TPSA) is 182 Å². The maximum absolute atomic E-state index is 13.8. The Hall–Kier alpha value is -3.59. The summed E-state index contributed by atoms with van der Waals surface area (Å²) in [5.41, 5.74) is 6.69. The van der Waals surface area contributed by atoms with Gasteiger partial charge < -0.3 is 30.7 Å². The molecule has 1 fully saturated rings. The molecule has 0 spiro atoms. The first kappa shape index (κ1) is 28.0. The summed E-state index contributed by atoms with van der Waals surface area (Å²) in [5.74, 6) is -3.94. The summed E-state index contributed by atoms with van der Waals surface area (Å²) in [5, 5.41) is 31.6. The quantitative estimate of drug-likeness (QED) is 0.123. The lowest BCUT2D eigenvalue weighted by Crippen LogP contribution is -2.64. The maximum atomic E-state index is 13.8. The first-order valence-electron chi connectivity index (χ1n) is 12.5. The van der Waals surface area contributed by atoms with Crippen LogP contribution in [-0.4, -0.2) is 72.6 Å². The third-order valence-corrected chi connectivity index (χ3v) is 9.52. The number of carboxylic acid groups (broad SMARTS) is 2. The second-order valence-corrected chi connectivity index (χ2v) is 12.1. The van der Waals surface area contributed by atoms with Crippen molar-refractivity contribution >= 4 is 57.1 Å². The molecule has 2 aliphatic rings. The molecule has 0 aliphatic carbocycles. The number of ketones is 1. The molecule has 1 saturated heterocycles. The first-order valence-corrected chi connectivity index (χ1v) is 14.3. The minimum absolute atomic E-state index is 0.129. The highest BCUT2D eigenvalue weighted by atomic mass is 32.2. The van der Waals surface area contributed by atoms with Gasteiger partial charge in [0, 0.05) is 36.9 Å². The molecule has 0 bridgehead atoms. The molecule has 4 atom stereocenters. The molecule has 0 aromatic carbocycles.